The maximum Gasteiger partial charge on any atom is 0.329 e. The van der Waals surface area contributed by atoms with Crippen LogP contribution in [0.15, 0.2) is 18.2 Å². The average Bonchev–Trinajstić information content (AvgIpc) is 2.10. The van der Waals surface area contributed by atoms with E-state index in [2.05, 4.69) is 0 Å². The summed E-state index contributed by atoms with van der Waals surface area (Å²) in [5, 5.41) is 8.32. The van der Waals surface area contributed by atoms with Crippen LogP contribution in [0.5, 0.6) is 5.75 Å². The summed E-state index contributed by atoms with van der Waals surface area (Å²) >= 11 is 0. The van der Waals surface area contributed by atoms with Gasteiger partial charge in [0.25, 0.3) is 0 Å². The summed E-state index contributed by atoms with van der Waals surface area (Å²) in [7, 11) is 0. The highest BCUT2D eigenvalue weighted by Crippen LogP contribution is 2.15. The fraction of sp³-hybridized carbons (Fsp3) is 0.364. The van der Waals surface area contributed by atoms with Crippen molar-refractivity contribution in [1.82, 2.24) is 0 Å². The lowest BCUT2D eigenvalue weighted by atomic mass is 10.1. The number of carboxylic acid groups (broad SMARTS) is 1. The highest BCUT2D eigenvalue weighted by Gasteiger charge is 1.98. The Morgan fingerprint density at radius 3 is 2.40 bits per heavy atom. The van der Waals surface area contributed by atoms with Gasteiger partial charge >= 0.3 is 5.97 Å². The summed E-state index contributed by atoms with van der Waals surface area (Å²) in [6.07, 6.45) is 0. The Morgan fingerprint density at radius 1 is 1.27 bits per heavy atom. The van der Waals surface area contributed by atoms with Gasteiger partial charge in [0.05, 0.1) is 0 Å². The van der Waals surface area contributed by atoms with Crippen LogP contribution in [0.3, 0.4) is 0 Å². The van der Waals surface area contributed by atoms with Crippen LogP contribution in [0.25, 0.3) is 0 Å². The van der Waals surface area contributed by atoms with Crippen molar-refractivity contribution >= 4 is 5.97 Å². The van der Waals surface area contributed by atoms with Gasteiger partial charge in [0, 0.05) is 0 Å². The average molecular weight is 210 g/mol. The van der Waals surface area contributed by atoms with Gasteiger partial charge in [-0.2, -0.15) is 0 Å². The molecule has 0 bridgehead atoms. The number of hydrogen-bond donors (Lipinski definition) is 1. The Bertz CT molecular complexity index is 326. The van der Waals surface area contributed by atoms with Crippen LogP contribution in [-0.2, 0) is 9.53 Å². The van der Waals surface area contributed by atoms with Crippen molar-refractivity contribution in [3.05, 3.63) is 29.3 Å². The van der Waals surface area contributed by atoms with Crippen LogP contribution in [0.4, 0.5) is 0 Å². The lowest BCUT2D eigenvalue weighted by molar-refractivity contribution is -0.144. The highest BCUT2D eigenvalue weighted by molar-refractivity contribution is 5.67. The molecule has 4 nitrogen and oxygen atoms in total. The van der Waals surface area contributed by atoms with E-state index in [0.717, 1.165) is 11.1 Å². The molecule has 1 N–H and O–H groups in total. The third-order valence-corrected chi connectivity index (χ3v) is 1.73. The van der Waals surface area contributed by atoms with E-state index in [0.29, 0.717) is 5.75 Å². The van der Waals surface area contributed by atoms with E-state index < -0.39 is 5.97 Å². The van der Waals surface area contributed by atoms with E-state index in [4.69, 9.17) is 14.6 Å². The van der Waals surface area contributed by atoms with Crippen molar-refractivity contribution in [1.29, 1.82) is 0 Å². The molecule has 0 spiro atoms. The number of benzene rings is 1. The van der Waals surface area contributed by atoms with Gasteiger partial charge in [-0.15, -0.1) is 0 Å². The van der Waals surface area contributed by atoms with Crippen molar-refractivity contribution in [3.63, 3.8) is 0 Å². The molecule has 15 heavy (non-hydrogen) atoms. The summed E-state index contributed by atoms with van der Waals surface area (Å²) in [4.78, 5) is 10.1. The predicted molar refractivity (Wildman–Crippen MR) is 55.0 cm³/mol. The second kappa shape index (κ2) is 5.36. The molecular formula is C11H14O4. The fourth-order valence-corrected chi connectivity index (χ4v) is 1.25. The van der Waals surface area contributed by atoms with Gasteiger partial charge in [0.15, 0.2) is 6.79 Å². The van der Waals surface area contributed by atoms with Crippen molar-refractivity contribution in [2.75, 3.05) is 13.4 Å². The number of rotatable bonds is 5. The van der Waals surface area contributed by atoms with Gasteiger partial charge < -0.3 is 14.6 Å². The Kier molecular flexibility index (Phi) is 4.12. The first-order valence-corrected chi connectivity index (χ1v) is 4.58. The molecule has 1 rings (SSSR count). The number of ether oxygens (including phenoxy) is 2. The Morgan fingerprint density at radius 2 is 1.87 bits per heavy atom. The SMILES string of the molecule is Cc1cc(C)cc(OCOCC(=O)O)c1. The quantitative estimate of drug-likeness (QED) is 0.594. The van der Waals surface area contributed by atoms with Crippen LogP contribution in [0, 0.1) is 13.8 Å². The van der Waals surface area contributed by atoms with E-state index >= 15 is 0 Å². The molecule has 0 unspecified atom stereocenters. The predicted octanol–water partition coefficient (Wildman–Crippen LogP) is 1.74. The molecular weight excluding hydrogens is 196 g/mol. The van der Waals surface area contributed by atoms with Gasteiger partial charge in [0.1, 0.15) is 12.4 Å². The van der Waals surface area contributed by atoms with E-state index in [-0.39, 0.29) is 13.4 Å². The monoisotopic (exact) mass is 210 g/mol. The molecule has 1 aromatic rings. The number of aliphatic carboxylic acids is 1. The van der Waals surface area contributed by atoms with Crippen molar-refractivity contribution in [3.8, 4) is 5.75 Å². The maximum atomic E-state index is 10.1. The van der Waals surface area contributed by atoms with Crippen LogP contribution in [0.1, 0.15) is 11.1 Å². The molecule has 0 fully saturated rings. The minimum Gasteiger partial charge on any atom is -0.480 e. The molecule has 0 saturated carbocycles. The normalized spacial score (nSPS) is 10.0. The Balaban J connectivity index is 2.40. The Hall–Kier alpha value is -1.55. The second-order valence-electron chi connectivity index (χ2n) is 3.33. The molecule has 0 aliphatic heterocycles. The van der Waals surface area contributed by atoms with Crippen LogP contribution in [0.2, 0.25) is 0 Å². The largest absolute Gasteiger partial charge is 0.480 e. The zero-order chi connectivity index (χ0) is 11.3. The summed E-state index contributed by atoms with van der Waals surface area (Å²) in [5.41, 5.74) is 2.20. The summed E-state index contributed by atoms with van der Waals surface area (Å²) in [5.74, 6) is -0.308. The van der Waals surface area contributed by atoms with E-state index in [1.807, 2.05) is 32.0 Å². The van der Waals surface area contributed by atoms with E-state index in [9.17, 15) is 4.79 Å². The third kappa shape index (κ3) is 4.46. The van der Waals surface area contributed by atoms with Gasteiger partial charge in [-0.1, -0.05) is 6.07 Å². The van der Waals surface area contributed by atoms with Crippen LogP contribution >= 0.6 is 0 Å². The zero-order valence-electron chi connectivity index (χ0n) is 8.82. The Labute approximate surface area is 88.4 Å². The van der Waals surface area contributed by atoms with Crippen molar-refractivity contribution < 1.29 is 19.4 Å². The molecule has 1 aromatic carbocycles. The van der Waals surface area contributed by atoms with Gasteiger partial charge in [-0.25, -0.2) is 4.79 Å². The summed E-state index contributed by atoms with van der Waals surface area (Å²) in [6.45, 7) is 3.55. The summed E-state index contributed by atoms with van der Waals surface area (Å²) < 4.78 is 9.99. The number of carbonyl (C=O) groups is 1. The third-order valence-electron chi connectivity index (χ3n) is 1.73. The number of aryl methyl sites for hydroxylation is 2. The minimum absolute atomic E-state index is 0.0464. The lowest BCUT2D eigenvalue weighted by Crippen LogP contribution is -2.11. The molecule has 0 amide bonds. The molecule has 82 valence electrons. The smallest absolute Gasteiger partial charge is 0.329 e. The molecule has 0 atom stereocenters. The van der Waals surface area contributed by atoms with Gasteiger partial charge in [-0.3, -0.25) is 0 Å². The highest BCUT2D eigenvalue weighted by atomic mass is 16.7. The standard InChI is InChI=1S/C11H14O4/c1-8-3-9(2)5-10(4-8)15-7-14-6-11(12)13/h3-5H,6-7H2,1-2H3,(H,12,13). The molecule has 0 radical (unpaired) electrons. The molecule has 0 aromatic heterocycles. The van der Waals surface area contributed by atoms with Crippen molar-refractivity contribution in [2.45, 2.75) is 13.8 Å². The zero-order valence-corrected chi connectivity index (χ0v) is 8.82. The number of carboxylic acids is 1. The first kappa shape index (κ1) is 11.5. The molecule has 0 heterocycles. The van der Waals surface area contributed by atoms with Gasteiger partial charge in [-0.05, 0) is 37.1 Å². The van der Waals surface area contributed by atoms with Crippen LogP contribution in [-0.4, -0.2) is 24.5 Å². The summed E-state index contributed by atoms with van der Waals surface area (Å²) in [6, 6.07) is 5.78. The maximum absolute atomic E-state index is 10.1. The molecule has 4 heteroatoms. The first-order chi connectivity index (χ1) is 7.08. The lowest BCUT2D eigenvalue weighted by Gasteiger charge is -2.07. The topological polar surface area (TPSA) is 55.8 Å². The molecule has 0 aliphatic carbocycles. The van der Waals surface area contributed by atoms with Gasteiger partial charge in [0.2, 0.25) is 0 Å². The minimum atomic E-state index is -1.00. The van der Waals surface area contributed by atoms with E-state index in [1.54, 1.807) is 0 Å². The molecule has 0 aliphatic rings. The van der Waals surface area contributed by atoms with Crippen LogP contribution < -0.4 is 4.74 Å². The number of hydrogen-bond acceptors (Lipinski definition) is 3. The van der Waals surface area contributed by atoms with E-state index in [1.165, 1.54) is 0 Å². The van der Waals surface area contributed by atoms with Crippen molar-refractivity contribution in [2.24, 2.45) is 0 Å². The fourth-order valence-electron chi connectivity index (χ4n) is 1.25. The molecule has 0 saturated heterocycles. The first-order valence-electron chi connectivity index (χ1n) is 4.58. The second-order valence-corrected chi connectivity index (χ2v) is 3.33.